The molecule has 0 radical (unpaired) electrons. The van der Waals surface area contributed by atoms with Gasteiger partial charge in [-0.05, 0) is 56.5 Å². The molecule has 1 aliphatic carbocycles. The first-order chi connectivity index (χ1) is 16.1. The van der Waals surface area contributed by atoms with Crippen molar-refractivity contribution in [3.63, 3.8) is 0 Å². The highest BCUT2D eigenvalue weighted by Gasteiger charge is 2.22. The van der Waals surface area contributed by atoms with Gasteiger partial charge in [0.15, 0.2) is 0 Å². The monoisotopic (exact) mass is 541 g/mol. The maximum atomic E-state index is 13.0. The fraction of sp³-hybridized carbons (Fsp3) is 0.286. The van der Waals surface area contributed by atoms with Crippen molar-refractivity contribution in [2.45, 2.75) is 27.2 Å². The van der Waals surface area contributed by atoms with Crippen molar-refractivity contribution in [2.24, 2.45) is 0 Å². The number of benzene rings is 3. The molecular formula is C28H29BrClNO3. The predicted octanol–water partition coefficient (Wildman–Crippen LogP) is 3.27. The first kappa shape index (κ1) is 26.0. The fourth-order valence-corrected chi connectivity index (χ4v) is 4.47. The molecule has 4 rings (SSSR count). The molecule has 178 valence electrons. The third kappa shape index (κ3) is 5.21. The van der Waals surface area contributed by atoms with Crippen molar-refractivity contribution in [1.82, 2.24) is 4.58 Å². The standard InChI is InChI=1S/C28H29BrNO3.ClH/c1-4-30(5-2)20-12-14-24-26(18-20)33-25-17-19(3)11-13-23(25)27(24)21-9-6-7-10-22(21)28(31)32-16-8-15-29;/h6-7,9-14,17-18H,4-5,8,15-16H2,1-3H3;1H/q+1;/p-1. The van der Waals surface area contributed by atoms with Crippen LogP contribution < -0.4 is 22.3 Å². The molecule has 0 bridgehead atoms. The summed E-state index contributed by atoms with van der Waals surface area (Å²) < 4.78 is 14.3. The Hall–Kier alpha value is -2.63. The number of hydrogen-bond donors (Lipinski definition) is 0. The molecule has 1 aliphatic heterocycles. The molecule has 2 aromatic rings. The van der Waals surface area contributed by atoms with Gasteiger partial charge in [0.2, 0.25) is 5.36 Å². The van der Waals surface area contributed by atoms with Crippen LogP contribution in [0.15, 0.2) is 65.1 Å². The Morgan fingerprint density at radius 3 is 2.50 bits per heavy atom. The molecule has 0 spiro atoms. The number of carbonyl (C=O) groups is 1. The smallest absolute Gasteiger partial charge is 0.338 e. The average Bonchev–Trinajstić information content (AvgIpc) is 2.83. The lowest BCUT2D eigenvalue weighted by Gasteiger charge is -2.17. The second kappa shape index (κ2) is 11.7. The van der Waals surface area contributed by atoms with Crippen LogP contribution in [-0.2, 0) is 4.74 Å². The summed E-state index contributed by atoms with van der Waals surface area (Å²) in [5, 5.41) is 2.90. The maximum absolute atomic E-state index is 13.0. The third-order valence-corrected chi connectivity index (χ3v) is 6.48. The lowest BCUT2D eigenvalue weighted by molar-refractivity contribution is -0.0000251. The van der Waals surface area contributed by atoms with E-state index in [1.807, 2.05) is 24.3 Å². The quantitative estimate of drug-likeness (QED) is 0.118. The number of rotatable bonds is 7. The molecule has 34 heavy (non-hydrogen) atoms. The van der Waals surface area contributed by atoms with Crippen molar-refractivity contribution in [1.29, 1.82) is 0 Å². The molecule has 0 N–H and O–H groups in total. The molecule has 0 fully saturated rings. The molecule has 0 amide bonds. The van der Waals surface area contributed by atoms with Crippen LogP contribution >= 0.6 is 15.9 Å². The second-order valence-corrected chi connectivity index (χ2v) is 8.85. The summed E-state index contributed by atoms with van der Waals surface area (Å²) in [5.41, 5.74) is 5.31. The Balaban J connectivity index is 0.00000324. The number of ether oxygens (including phenoxy) is 1. The Labute approximate surface area is 215 Å². The zero-order chi connectivity index (χ0) is 23.4. The van der Waals surface area contributed by atoms with Crippen molar-refractivity contribution in [3.8, 4) is 22.5 Å². The summed E-state index contributed by atoms with van der Waals surface area (Å²) in [4.78, 5) is 13.0. The van der Waals surface area contributed by atoms with Crippen molar-refractivity contribution in [3.05, 3.63) is 77.1 Å². The van der Waals surface area contributed by atoms with Gasteiger partial charge in [0, 0.05) is 27.9 Å². The largest absolute Gasteiger partial charge is 1.00 e. The van der Waals surface area contributed by atoms with E-state index in [0.29, 0.717) is 12.2 Å². The number of carbonyl (C=O) groups excluding carboxylic acids is 1. The van der Waals surface area contributed by atoms with E-state index in [0.717, 1.165) is 69.2 Å². The molecule has 4 nitrogen and oxygen atoms in total. The molecule has 6 heteroatoms. The van der Waals surface area contributed by atoms with Gasteiger partial charge in [0.05, 0.1) is 18.2 Å². The summed E-state index contributed by atoms with van der Waals surface area (Å²) in [5.74, 6) is 0.496. The average molecular weight is 543 g/mol. The summed E-state index contributed by atoms with van der Waals surface area (Å²) in [7, 11) is 0. The van der Waals surface area contributed by atoms with Crippen molar-refractivity contribution < 1.29 is 26.4 Å². The minimum Gasteiger partial charge on any atom is -1.00 e. The highest BCUT2D eigenvalue weighted by Crippen LogP contribution is 2.41. The minimum absolute atomic E-state index is 0. The van der Waals surface area contributed by atoms with Gasteiger partial charge in [-0.2, -0.15) is 0 Å². The first-order valence-electron chi connectivity index (χ1n) is 11.4. The van der Waals surface area contributed by atoms with E-state index >= 15 is 0 Å². The van der Waals surface area contributed by atoms with Crippen LogP contribution in [0.2, 0.25) is 0 Å². The highest BCUT2D eigenvalue weighted by molar-refractivity contribution is 9.09. The van der Waals surface area contributed by atoms with Crippen LogP contribution in [0, 0.1) is 6.92 Å². The maximum Gasteiger partial charge on any atom is 0.338 e. The van der Waals surface area contributed by atoms with Gasteiger partial charge < -0.3 is 21.6 Å². The summed E-state index contributed by atoms with van der Waals surface area (Å²) in [6, 6.07) is 20.2. The van der Waals surface area contributed by atoms with Gasteiger partial charge in [-0.1, -0.05) is 46.3 Å². The molecular weight excluding hydrogens is 514 g/mol. The number of alkyl halides is 1. The van der Waals surface area contributed by atoms with Crippen LogP contribution in [0.1, 0.15) is 36.2 Å². The molecule has 0 saturated carbocycles. The number of halogens is 2. The topological polar surface area (TPSA) is 42.5 Å². The molecule has 2 aliphatic rings. The molecule has 2 aromatic carbocycles. The minimum atomic E-state index is -0.305. The Morgan fingerprint density at radius 2 is 1.76 bits per heavy atom. The summed E-state index contributed by atoms with van der Waals surface area (Å²) >= 11 is 3.39. The summed E-state index contributed by atoms with van der Waals surface area (Å²) in [6.45, 7) is 8.58. The van der Waals surface area contributed by atoms with E-state index in [2.05, 4.69) is 77.7 Å². The van der Waals surface area contributed by atoms with Crippen LogP contribution in [0.3, 0.4) is 0 Å². The van der Waals surface area contributed by atoms with Crippen molar-refractivity contribution >= 4 is 32.9 Å². The van der Waals surface area contributed by atoms with E-state index in [1.54, 1.807) is 0 Å². The van der Waals surface area contributed by atoms with E-state index in [4.69, 9.17) is 9.15 Å². The SMILES string of the molecule is CC[N+](CC)=c1ccc2c(-c3ccccc3C(=O)OCCCBr)c3ccc(C)cc3oc-2c1.[Cl-]. The Kier molecular flexibility index (Phi) is 8.92. The fourth-order valence-electron chi connectivity index (χ4n) is 4.24. The van der Waals surface area contributed by atoms with Gasteiger partial charge >= 0.3 is 5.97 Å². The lowest BCUT2D eigenvalue weighted by atomic mass is 9.90. The van der Waals surface area contributed by atoms with Crippen LogP contribution in [0.5, 0.6) is 0 Å². The zero-order valence-electron chi connectivity index (χ0n) is 19.7. The van der Waals surface area contributed by atoms with Crippen molar-refractivity contribution in [2.75, 3.05) is 25.0 Å². The normalized spacial score (nSPS) is 10.8. The molecule has 0 unspecified atom stereocenters. The lowest BCUT2D eigenvalue weighted by Crippen LogP contribution is -3.00. The van der Waals surface area contributed by atoms with Gasteiger partial charge in [-0.25, -0.2) is 9.37 Å². The molecule has 0 atom stereocenters. The number of nitrogens with zero attached hydrogens (tertiary/aromatic N) is 1. The molecule has 1 heterocycles. The number of esters is 1. The number of hydrogen-bond acceptors (Lipinski definition) is 3. The van der Waals surface area contributed by atoms with E-state index in [-0.39, 0.29) is 18.4 Å². The Bertz CT molecular complexity index is 1340. The number of aryl methyl sites for hydroxylation is 1. The number of fused-ring (bicyclic) bond motifs is 2. The van der Waals surface area contributed by atoms with E-state index < -0.39 is 0 Å². The molecule has 0 saturated heterocycles. The van der Waals surface area contributed by atoms with E-state index in [9.17, 15) is 4.79 Å². The Morgan fingerprint density at radius 1 is 1.00 bits per heavy atom. The second-order valence-electron chi connectivity index (χ2n) is 8.05. The van der Waals surface area contributed by atoms with Crippen LogP contribution in [0.4, 0.5) is 0 Å². The predicted molar refractivity (Wildman–Crippen MR) is 138 cm³/mol. The van der Waals surface area contributed by atoms with E-state index in [1.165, 1.54) is 0 Å². The van der Waals surface area contributed by atoms with Gasteiger partial charge in [0.25, 0.3) is 0 Å². The first-order valence-corrected chi connectivity index (χ1v) is 12.6. The van der Waals surface area contributed by atoms with Crippen LogP contribution in [-0.4, -0.2) is 31.0 Å². The third-order valence-electron chi connectivity index (χ3n) is 5.92. The summed E-state index contributed by atoms with van der Waals surface area (Å²) in [6.07, 6.45) is 0.775. The highest BCUT2D eigenvalue weighted by atomic mass is 79.9. The van der Waals surface area contributed by atoms with Gasteiger partial charge in [-0.15, -0.1) is 0 Å². The van der Waals surface area contributed by atoms with Gasteiger partial charge in [-0.3, -0.25) is 0 Å². The zero-order valence-corrected chi connectivity index (χ0v) is 22.1. The molecule has 0 aromatic heterocycles. The van der Waals surface area contributed by atoms with Gasteiger partial charge in [0.1, 0.15) is 24.4 Å². The van der Waals surface area contributed by atoms with Crippen LogP contribution in [0.25, 0.3) is 33.4 Å².